The largest absolute Gasteiger partial charge is 0.444 e. The number of amides is 2. The van der Waals surface area contributed by atoms with E-state index in [0.29, 0.717) is 31.2 Å². The Morgan fingerprint density at radius 3 is 2.06 bits per heavy atom. The molecule has 0 spiro atoms. The lowest BCUT2D eigenvalue weighted by Gasteiger charge is -2.34. The first-order valence-corrected chi connectivity index (χ1v) is 10.4. The minimum absolute atomic E-state index is 0. The van der Waals surface area contributed by atoms with Crippen LogP contribution in [0.5, 0.6) is 0 Å². The molecule has 0 unspecified atom stereocenters. The Bertz CT molecular complexity index is 701. The van der Waals surface area contributed by atoms with E-state index in [4.69, 9.17) is 4.74 Å². The van der Waals surface area contributed by atoms with Gasteiger partial charge in [0, 0.05) is 32.2 Å². The Labute approximate surface area is 203 Å². The fourth-order valence-corrected chi connectivity index (χ4v) is 2.76. The van der Waals surface area contributed by atoms with E-state index in [1.807, 2.05) is 52.8 Å². The van der Waals surface area contributed by atoms with Gasteiger partial charge in [0.1, 0.15) is 5.60 Å². The Morgan fingerprint density at radius 1 is 0.968 bits per heavy atom. The van der Waals surface area contributed by atoms with Gasteiger partial charge in [0.25, 0.3) is 5.91 Å². The normalized spacial score (nSPS) is 11.7. The summed E-state index contributed by atoms with van der Waals surface area (Å²) in [4.78, 5) is 28.5. The second kappa shape index (κ2) is 14.1. The summed E-state index contributed by atoms with van der Waals surface area (Å²) < 4.78 is 5.40. The van der Waals surface area contributed by atoms with Crippen LogP contribution >= 0.6 is 24.0 Å². The van der Waals surface area contributed by atoms with Gasteiger partial charge in [-0.2, -0.15) is 0 Å². The summed E-state index contributed by atoms with van der Waals surface area (Å²) >= 11 is 0. The van der Waals surface area contributed by atoms with Crippen molar-refractivity contribution in [3.63, 3.8) is 0 Å². The summed E-state index contributed by atoms with van der Waals surface area (Å²) in [5, 5.41) is 12.3. The van der Waals surface area contributed by atoms with Crippen LogP contribution in [-0.2, 0) is 4.74 Å². The van der Waals surface area contributed by atoms with Crippen molar-refractivity contribution in [2.24, 2.45) is 4.99 Å². The average molecular weight is 547 g/mol. The molecule has 176 valence electrons. The summed E-state index contributed by atoms with van der Waals surface area (Å²) in [6.07, 6.45) is 1.04. The standard InChI is InChI=1S/C22H37N5O3.HI/c1-7-22(8-2,27-20(29)30-21(3,4)5)16-26-19(23-6)25-15-14-24-18(28)17-12-10-9-11-13-17;/h9-13H,7-8,14-16H2,1-6H3,(H,24,28)(H,27,29)(H2,23,25,26);1H. The lowest BCUT2D eigenvalue weighted by molar-refractivity contribution is 0.0448. The van der Waals surface area contributed by atoms with Gasteiger partial charge in [0.2, 0.25) is 0 Å². The predicted molar refractivity (Wildman–Crippen MR) is 136 cm³/mol. The second-order valence-electron chi connectivity index (χ2n) is 8.09. The molecule has 0 heterocycles. The van der Waals surface area contributed by atoms with E-state index in [0.717, 1.165) is 12.8 Å². The van der Waals surface area contributed by atoms with E-state index in [9.17, 15) is 9.59 Å². The number of halogens is 1. The first-order chi connectivity index (χ1) is 14.1. The van der Waals surface area contributed by atoms with Crippen molar-refractivity contribution in [1.29, 1.82) is 0 Å². The van der Waals surface area contributed by atoms with E-state index in [2.05, 4.69) is 26.3 Å². The summed E-state index contributed by atoms with van der Waals surface area (Å²) in [7, 11) is 1.68. The molecular weight excluding hydrogens is 509 g/mol. The quantitative estimate of drug-likeness (QED) is 0.165. The van der Waals surface area contributed by atoms with Crippen molar-refractivity contribution in [3.8, 4) is 0 Å². The molecule has 1 rings (SSSR count). The number of carbonyl (C=O) groups is 2. The lowest BCUT2D eigenvalue weighted by Crippen LogP contribution is -2.57. The number of carbonyl (C=O) groups excluding carboxylic acids is 2. The Morgan fingerprint density at radius 2 is 1.55 bits per heavy atom. The van der Waals surface area contributed by atoms with Crippen molar-refractivity contribution in [3.05, 3.63) is 35.9 Å². The molecule has 0 atom stereocenters. The van der Waals surface area contributed by atoms with Crippen LogP contribution in [0.4, 0.5) is 4.79 Å². The molecule has 9 heteroatoms. The lowest BCUT2D eigenvalue weighted by atomic mass is 9.93. The van der Waals surface area contributed by atoms with Gasteiger partial charge in [0.15, 0.2) is 5.96 Å². The molecule has 0 bridgehead atoms. The molecule has 2 amide bonds. The highest BCUT2D eigenvalue weighted by molar-refractivity contribution is 14.0. The van der Waals surface area contributed by atoms with Crippen molar-refractivity contribution in [1.82, 2.24) is 21.3 Å². The van der Waals surface area contributed by atoms with Crippen LogP contribution < -0.4 is 21.3 Å². The summed E-state index contributed by atoms with van der Waals surface area (Å²) in [5.74, 6) is 0.485. The number of hydrogen-bond donors (Lipinski definition) is 4. The number of nitrogens with zero attached hydrogens (tertiary/aromatic N) is 1. The summed E-state index contributed by atoms with van der Waals surface area (Å²) in [6, 6.07) is 9.08. The van der Waals surface area contributed by atoms with Crippen molar-refractivity contribution in [2.45, 2.75) is 58.6 Å². The van der Waals surface area contributed by atoms with Gasteiger partial charge in [-0.25, -0.2) is 4.79 Å². The zero-order valence-electron chi connectivity index (χ0n) is 19.5. The third-order valence-electron chi connectivity index (χ3n) is 4.68. The number of guanidine groups is 1. The first-order valence-electron chi connectivity index (χ1n) is 10.4. The molecule has 0 fully saturated rings. The maximum atomic E-state index is 12.3. The van der Waals surface area contributed by atoms with Crippen LogP contribution in [0.1, 0.15) is 57.8 Å². The zero-order chi connectivity index (χ0) is 22.6. The molecular formula is C22H38IN5O3. The number of alkyl carbamates (subject to hydrolysis) is 1. The molecule has 0 radical (unpaired) electrons. The van der Waals surface area contributed by atoms with Gasteiger partial charge in [-0.3, -0.25) is 9.79 Å². The minimum atomic E-state index is -0.549. The number of nitrogens with one attached hydrogen (secondary N) is 4. The predicted octanol–water partition coefficient (Wildman–Crippen LogP) is 3.28. The van der Waals surface area contributed by atoms with Gasteiger partial charge >= 0.3 is 6.09 Å². The van der Waals surface area contributed by atoms with Crippen LogP contribution in [-0.4, -0.2) is 55.8 Å². The number of aliphatic imine (C=N–C) groups is 1. The van der Waals surface area contributed by atoms with Crippen molar-refractivity contribution in [2.75, 3.05) is 26.7 Å². The molecule has 0 saturated heterocycles. The summed E-state index contributed by atoms with van der Waals surface area (Å²) in [5.41, 5.74) is -0.377. The minimum Gasteiger partial charge on any atom is -0.444 e. The fourth-order valence-electron chi connectivity index (χ4n) is 2.76. The Balaban J connectivity index is 0.00000900. The molecule has 0 aliphatic heterocycles. The third-order valence-corrected chi connectivity index (χ3v) is 4.68. The van der Waals surface area contributed by atoms with Crippen LogP contribution in [0.15, 0.2) is 35.3 Å². The third kappa shape index (κ3) is 11.2. The van der Waals surface area contributed by atoms with E-state index >= 15 is 0 Å². The Kier molecular flexibility index (Phi) is 13.2. The zero-order valence-corrected chi connectivity index (χ0v) is 21.8. The monoisotopic (exact) mass is 547 g/mol. The average Bonchev–Trinajstić information content (AvgIpc) is 2.71. The van der Waals surface area contributed by atoms with Crippen LogP contribution in [0.2, 0.25) is 0 Å². The van der Waals surface area contributed by atoms with Gasteiger partial charge in [-0.05, 0) is 45.7 Å². The number of hydrogen-bond acceptors (Lipinski definition) is 4. The maximum Gasteiger partial charge on any atom is 0.408 e. The highest BCUT2D eigenvalue weighted by Gasteiger charge is 2.30. The molecule has 1 aromatic rings. The van der Waals surface area contributed by atoms with Crippen LogP contribution in [0.25, 0.3) is 0 Å². The van der Waals surface area contributed by atoms with E-state index < -0.39 is 17.2 Å². The number of rotatable bonds is 9. The van der Waals surface area contributed by atoms with Gasteiger partial charge in [-0.1, -0.05) is 32.0 Å². The van der Waals surface area contributed by atoms with Gasteiger partial charge < -0.3 is 26.0 Å². The summed E-state index contributed by atoms with van der Waals surface area (Å²) in [6.45, 7) is 11.0. The number of benzene rings is 1. The first kappa shape index (κ1) is 29.0. The molecule has 0 aliphatic carbocycles. The topological polar surface area (TPSA) is 104 Å². The highest BCUT2D eigenvalue weighted by atomic mass is 127. The van der Waals surface area contributed by atoms with Crippen LogP contribution in [0.3, 0.4) is 0 Å². The second-order valence-corrected chi connectivity index (χ2v) is 8.09. The highest BCUT2D eigenvalue weighted by Crippen LogP contribution is 2.16. The molecule has 1 aromatic carbocycles. The Hall–Kier alpha value is -2.04. The molecule has 31 heavy (non-hydrogen) atoms. The van der Waals surface area contributed by atoms with Crippen molar-refractivity contribution < 1.29 is 14.3 Å². The molecule has 0 saturated carbocycles. The number of ether oxygens (including phenoxy) is 1. The van der Waals surface area contributed by atoms with Gasteiger partial charge in [-0.15, -0.1) is 24.0 Å². The van der Waals surface area contributed by atoms with Crippen LogP contribution in [0, 0.1) is 0 Å². The molecule has 4 N–H and O–H groups in total. The maximum absolute atomic E-state index is 12.3. The van der Waals surface area contributed by atoms with E-state index in [1.165, 1.54) is 0 Å². The van der Waals surface area contributed by atoms with E-state index in [1.54, 1.807) is 19.2 Å². The van der Waals surface area contributed by atoms with E-state index in [-0.39, 0.29) is 29.9 Å². The molecule has 0 aromatic heterocycles. The van der Waals surface area contributed by atoms with Gasteiger partial charge in [0.05, 0.1) is 5.54 Å². The smallest absolute Gasteiger partial charge is 0.408 e. The molecule has 0 aliphatic rings. The SMILES string of the molecule is CCC(CC)(CNC(=NC)NCCNC(=O)c1ccccc1)NC(=O)OC(C)(C)C.I. The van der Waals surface area contributed by atoms with Crippen molar-refractivity contribution >= 4 is 41.9 Å². The fraction of sp³-hybridized carbons (Fsp3) is 0.591. The molecule has 8 nitrogen and oxygen atoms in total.